The minimum atomic E-state index is -5.10. The molecule has 5 nitrogen and oxygen atoms in total. The molecule has 184 valence electrons. The van der Waals surface area contributed by atoms with Crippen molar-refractivity contribution in [2.45, 2.75) is 32.1 Å². The number of rotatable bonds is 8. The minimum Gasteiger partial charge on any atom is -0.379 e. The summed E-state index contributed by atoms with van der Waals surface area (Å²) in [5, 5.41) is 8.38. The maximum atomic E-state index is 12.9. The Hall–Kier alpha value is -3.23. The van der Waals surface area contributed by atoms with Gasteiger partial charge in [0.1, 0.15) is 0 Å². The molecule has 0 saturated heterocycles. The Morgan fingerprint density at radius 1 is 0.914 bits per heavy atom. The van der Waals surface area contributed by atoms with Crippen molar-refractivity contribution in [3.05, 3.63) is 93.5 Å². The Labute approximate surface area is 210 Å². The van der Waals surface area contributed by atoms with Crippen molar-refractivity contribution in [2.75, 3.05) is 10.6 Å². The summed E-state index contributed by atoms with van der Waals surface area (Å²) in [4.78, 5) is 24.5. The van der Waals surface area contributed by atoms with Crippen LogP contribution in [-0.2, 0) is 11.3 Å². The number of carbonyl (C=O) groups is 2. The van der Waals surface area contributed by atoms with Crippen LogP contribution in [0.5, 0.6) is 0 Å². The molecule has 10 heteroatoms. The summed E-state index contributed by atoms with van der Waals surface area (Å²) in [5.41, 5.74) is 1.71. The summed E-state index contributed by atoms with van der Waals surface area (Å²) < 4.78 is 38.8. The van der Waals surface area contributed by atoms with E-state index in [2.05, 4.69) is 10.6 Å². The van der Waals surface area contributed by atoms with Gasteiger partial charge in [-0.15, -0.1) is 0 Å². The molecular weight excluding hydrogens is 502 g/mol. The van der Waals surface area contributed by atoms with Gasteiger partial charge in [-0.25, -0.2) is 0 Å². The summed E-state index contributed by atoms with van der Waals surface area (Å²) in [6, 6.07) is 18.0. The van der Waals surface area contributed by atoms with E-state index in [4.69, 9.17) is 23.2 Å². The van der Waals surface area contributed by atoms with Crippen LogP contribution in [-0.4, -0.2) is 18.0 Å². The second-order valence-corrected chi connectivity index (χ2v) is 8.47. The lowest BCUT2D eigenvalue weighted by atomic mass is 10.0. The highest BCUT2D eigenvalue weighted by molar-refractivity contribution is 6.42. The molecule has 3 aromatic carbocycles. The van der Waals surface area contributed by atoms with Crippen LogP contribution in [0.15, 0.2) is 66.7 Å². The number of hydrogen-bond acceptors (Lipinski definition) is 3. The van der Waals surface area contributed by atoms with E-state index in [1.54, 1.807) is 18.2 Å². The molecule has 0 spiro atoms. The summed E-state index contributed by atoms with van der Waals surface area (Å²) in [7, 11) is 0. The number of anilines is 2. The van der Waals surface area contributed by atoms with Gasteiger partial charge in [0.05, 0.1) is 27.5 Å². The van der Waals surface area contributed by atoms with Crippen molar-refractivity contribution in [3.8, 4) is 0 Å². The Morgan fingerprint density at radius 2 is 1.63 bits per heavy atom. The maximum Gasteiger partial charge on any atom is 0.471 e. The average molecular weight is 524 g/mol. The summed E-state index contributed by atoms with van der Waals surface area (Å²) in [6.45, 7) is 2.09. The molecule has 0 fully saturated rings. The number of nitrogens with one attached hydrogen (secondary N) is 3. The first-order chi connectivity index (χ1) is 16.6. The Morgan fingerprint density at radius 3 is 2.26 bits per heavy atom. The van der Waals surface area contributed by atoms with Crippen LogP contribution in [0.4, 0.5) is 24.5 Å². The highest BCUT2D eigenvalue weighted by Gasteiger charge is 2.39. The number of alkyl halides is 3. The summed E-state index contributed by atoms with van der Waals surface area (Å²) >= 11 is 11.9. The largest absolute Gasteiger partial charge is 0.471 e. The third-order valence-corrected chi connectivity index (χ3v) is 5.91. The monoisotopic (exact) mass is 523 g/mol. The van der Waals surface area contributed by atoms with E-state index >= 15 is 0 Å². The van der Waals surface area contributed by atoms with Crippen molar-refractivity contribution in [1.29, 1.82) is 0 Å². The standard InChI is InChI=1S/C25H22Cl2F3N3O2/c1-2-20(16-6-4-3-5-7-16)32-23(34)17-9-11-21(22(13-17)33-24(35)25(28,29)30)31-14-15-8-10-18(26)19(27)12-15/h3-13,20,31H,2,14H2,1H3,(H,32,34)(H,33,35)/t20-/m1/s1. The first-order valence-electron chi connectivity index (χ1n) is 10.6. The molecule has 0 bridgehead atoms. The van der Waals surface area contributed by atoms with Crippen molar-refractivity contribution >= 4 is 46.4 Å². The predicted octanol–water partition coefficient (Wildman–Crippen LogP) is 6.99. The molecule has 3 N–H and O–H groups in total. The zero-order valence-corrected chi connectivity index (χ0v) is 20.1. The normalized spacial score (nSPS) is 12.1. The third-order valence-electron chi connectivity index (χ3n) is 5.17. The van der Waals surface area contributed by atoms with Gasteiger partial charge in [-0.3, -0.25) is 9.59 Å². The SMILES string of the molecule is CC[C@@H](NC(=O)c1ccc(NCc2ccc(Cl)c(Cl)c2)c(NC(=O)C(F)(F)F)c1)c1ccccc1. The second kappa shape index (κ2) is 11.5. The van der Waals surface area contributed by atoms with E-state index in [1.165, 1.54) is 18.2 Å². The van der Waals surface area contributed by atoms with Gasteiger partial charge in [-0.05, 0) is 47.9 Å². The van der Waals surface area contributed by atoms with Gasteiger partial charge in [0.2, 0.25) is 0 Å². The third kappa shape index (κ3) is 7.13. The van der Waals surface area contributed by atoms with Crippen molar-refractivity contribution in [1.82, 2.24) is 5.32 Å². The fraction of sp³-hybridized carbons (Fsp3) is 0.200. The number of benzene rings is 3. The van der Waals surface area contributed by atoms with Crippen LogP contribution in [0.2, 0.25) is 10.0 Å². The van der Waals surface area contributed by atoms with E-state index < -0.39 is 18.0 Å². The summed E-state index contributed by atoms with van der Waals surface area (Å²) in [5.74, 6) is -2.64. The molecule has 3 aromatic rings. The predicted molar refractivity (Wildman–Crippen MR) is 132 cm³/mol. The number of hydrogen-bond donors (Lipinski definition) is 3. The van der Waals surface area contributed by atoms with Gasteiger partial charge in [0.25, 0.3) is 5.91 Å². The van der Waals surface area contributed by atoms with E-state index in [9.17, 15) is 22.8 Å². The molecule has 0 aliphatic heterocycles. The Kier molecular flexibility index (Phi) is 8.64. The van der Waals surface area contributed by atoms with E-state index in [-0.39, 0.29) is 29.5 Å². The first kappa shape index (κ1) is 26.4. The fourth-order valence-corrected chi connectivity index (χ4v) is 3.65. The smallest absolute Gasteiger partial charge is 0.379 e. The van der Waals surface area contributed by atoms with Gasteiger partial charge in [-0.1, -0.05) is 66.5 Å². The van der Waals surface area contributed by atoms with E-state index in [0.717, 1.165) is 5.56 Å². The number of halogens is 5. The van der Waals surface area contributed by atoms with Crippen molar-refractivity contribution < 1.29 is 22.8 Å². The molecule has 0 heterocycles. The number of amides is 2. The molecule has 2 amide bonds. The van der Waals surface area contributed by atoms with Crippen LogP contribution in [0.3, 0.4) is 0 Å². The first-order valence-corrected chi connectivity index (χ1v) is 11.4. The van der Waals surface area contributed by atoms with Crippen LogP contribution in [0, 0.1) is 0 Å². The van der Waals surface area contributed by atoms with Crippen LogP contribution in [0.1, 0.15) is 40.9 Å². The van der Waals surface area contributed by atoms with Gasteiger partial charge >= 0.3 is 12.1 Å². The zero-order valence-electron chi connectivity index (χ0n) is 18.5. The maximum absolute atomic E-state index is 12.9. The lowest BCUT2D eigenvalue weighted by Gasteiger charge is -2.19. The number of carbonyl (C=O) groups excluding carboxylic acids is 2. The van der Waals surface area contributed by atoms with Gasteiger partial charge < -0.3 is 16.0 Å². The molecule has 1 atom stereocenters. The van der Waals surface area contributed by atoms with Gasteiger partial charge in [-0.2, -0.15) is 13.2 Å². The average Bonchev–Trinajstić information content (AvgIpc) is 2.83. The van der Waals surface area contributed by atoms with Crippen molar-refractivity contribution in [3.63, 3.8) is 0 Å². The molecule has 35 heavy (non-hydrogen) atoms. The van der Waals surface area contributed by atoms with Crippen LogP contribution < -0.4 is 16.0 Å². The van der Waals surface area contributed by atoms with Gasteiger partial charge in [0.15, 0.2) is 0 Å². The second-order valence-electron chi connectivity index (χ2n) is 7.66. The summed E-state index contributed by atoms with van der Waals surface area (Å²) in [6.07, 6.45) is -4.49. The van der Waals surface area contributed by atoms with Crippen LogP contribution >= 0.6 is 23.2 Å². The molecule has 0 saturated carbocycles. The van der Waals surface area contributed by atoms with E-state index in [1.807, 2.05) is 42.6 Å². The van der Waals surface area contributed by atoms with Gasteiger partial charge in [0, 0.05) is 12.1 Å². The topological polar surface area (TPSA) is 70.2 Å². The molecule has 0 radical (unpaired) electrons. The fourth-order valence-electron chi connectivity index (χ4n) is 3.33. The van der Waals surface area contributed by atoms with Crippen LogP contribution in [0.25, 0.3) is 0 Å². The minimum absolute atomic E-state index is 0.0944. The molecular formula is C25H22Cl2F3N3O2. The molecule has 0 aliphatic rings. The Balaban J connectivity index is 1.84. The zero-order chi connectivity index (χ0) is 25.6. The molecule has 3 rings (SSSR count). The lowest BCUT2D eigenvalue weighted by Crippen LogP contribution is -2.31. The molecule has 0 aliphatic carbocycles. The highest BCUT2D eigenvalue weighted by Crippen LogP contribution is 2.28. The quantitative estimate of drug-likeness (QED) is 0.298. The highest BCUT2D eigenvalue weighted by atomic mass is 35.5. The van der Waals surface area contributed by atoms with E-state index in [0.29, 0.717) is 22.0 Å². The lowest BCUT2D eigenvalue weighted by molar-refractivity contribution is -0.167. The molecule has 0 unspecified atom stereocenters. The Bertz CT molecular complexity index is 1200. The molecule has 0 aromatic heterocycles. The van der Waals surface area contributed by atoms with Crippen molar-refractivity contribution in [2.24, 2.45) is 0 Å².